The maximum absolute atomic E-state index is 12.2. The molecule has 0 saturated carbocycles. The summed E-state index contributed by atoms with van der Waals surface area (Å²) in [5.74, 6) is -0.776. The Hall–Kier alpha value is -3.16. The van der Waals surface area contributed by atoms with Gasteiger partial charge in [0.05, 0.1) is 12.7 Å². The number of alkyl halides is 2. The quantitative estimate of drug-likeness (QED) is 0.714. The Bertz CT molecular complexity index is 780. The average molecular weight is 379 g/mol. The van der Waals surface area contributed by atoms with E-state index in [2.05, 4.69) is 10.1 Å². The largest absolute Gasteiger partial charge is 0.497 e. The molecule has 2 aromatic rings. The van der Waals surface area contributed by atoms with Gasteiger partial charge in [-0.15, -0.1) is 0 Å². The molecule has 0 saturated heterocycles. The number of rotatable bonds is 8. The molecular weight excluding hydrogens is 360 g/mol. The minimum absolute atomic E-state index is 0.00274. The van der Waals surface area contributed by atoms with E-state index in [0.717, 1.165) is 11.6 Å². The van der Waals surface area contributed by atoms with Gasteiger partial charge in [-0.3, -0.25) is 4.79 Å². The molecule has 144 valence electrons. The first-order valence-corrected chi connectivity index (χ1v) is 8.05. The molecule has 0 aromatic heterocycles. The Morgan fingerprint density at radius 1 is 1.07 bits per heavy atom. The van der Waals surface area contributed by atoms with Crippen LogP contribution in [0.15, 0.2) is 48.5 Å². The number of hydrogen-bond acceptors (Lipinski definition) is 5. The standard InChI is InChI=1S/C19H19F2NO5/c1-12(17(23)22-11-13-6-8-15(25-2)9-7-13)26-18(24)14-4-3-5-16(10-14)27-19(20)21/h3-10,12,19H,11H2,1-2H3,(H,22,23)/t12-/m0/s1. The summed E-state index contributed by atoms with van der Waals surface area (Å²) in [6, 6.07) is 12.3. The third-order valence-electron chi connectivity index (χ3n) is 3.57. The van der Waals surface area contributed by atoms with Gasteiger partial charge in [-0.1, -0.05) is 18.2 Å². The van der Waals surface area contributed by atoms with Gasteiger partial charge in [0.1, 0.15) is 11.5 Å². The molecule has 2 rings (SSSR count). The summed E-state index contributed by atoms with van der Waals surface area (Å²) in [6.07, 6.45) is -1.06. The van der Waals surface area contributed by atoms with Crippen molar-refractivity contribution in [3.05, 3.63) is 59.7 Å². The second-order valence-corrected chi connectivity index (χ2v) is 5.52. The van der Waals surface area contributed by atoms with Crippen molar-refractivity contribution in [2.45, 2.75) is 26.2 Å². The van der Waals surface area contributed by atoms with Crippen LogP contribution in [0, 0.1) is 0 Å². The van der Waals surface area contributed by atoms with Crippen molar-refractivity contribution in [3.8, 4) is 11.5 Å². The number of ether oxygens (including phenoxy) is 3. The number of benzene rings is 2. The van der Waals surface area contributed by atoms with Gasteiger partial charge in [0.2, 0.25) is 0 Å². The lowest BCUT2D eigenvalue weighted by Gasteiger charge is -2.14. The highest BCUT2D eigenvalue weighted by atomic mass is 19.3. The van der Waals surface area contributed by atoms with Crippen LogP contribution in [0.3, 0.4) is 0 Å². The lowest BCUT2D eigenvalue weighted by atomic mass is 10.2. The SMILES string of the molecule is COc1ccc(CNC(=O)[C@H](C)OC(=O)c2cccc(OC(F)F)c2)cc1. The first-order valence-electron chi connectivity index (χ1n) is 8.05. The topological polar surface area (TPSA) is 73.9 Å². The fourth-order valence-electron chi connectivity index (χ4n) is 2.16. The zero-order valence-corrected chi connectivity index (χ0v) is 14.8. The van der Waals surface area contributed by atoms with E-state index in [4.69, 9.17) is 9.47 Å². The van der Waals surface area contributed by atoms with Crippen LogP contribution >= 0.6 is 0 Å². The number of hydrogen-bond donors (Lipinski definition) is 1. The Labute approximate surface area is 155 Å². The Kier molecular flexibility index (Phi) is 7.10. The molecule has 0 unspecified atom stereocenters. The highest BCUT2D eigenvalue weighted by Crippen LogP contribution is 2.17. The van der Waals surface area contributed by atoms with Gasteiger partial charge in [0.25, 0.3) is 5.91 Å². The fraction of sp³-hybridized carbons (Fsp3) is 0.263. The molecule has 1 amide bonds. The van der Waals surface area contributed by atoms with E-state index in [-0.39, 0.29) is 17.9 Å². The normalized spacial score (nSPS) is 11.6. The molecule has 2 aromatic carbocycles. The van der Waals surface area contributed by atoms with Crippen LogP contribution in [0.5, 0.6) is 11.5 Å². The highest BCUT2D eigenvalue weighted by Gasteiger charge is 2.19. The van der Waals surface area contributed by atoms with Gasteiger partial charge in [-0.25, -0.2) is 4.79 Å². The number of carbonyl (C=O) groups is 2. The van der Waals surface area contributed by atoms with Crippen LogP contribution in [0.25, 0.3) is 0 Å². The van der Waals surface area contributed by atoms with Gasteiger partial charge >= 0.3 is 12.6 Å². The molecule has 0 heterocycles. The first kappa shape index (κ1) is 20.2. The first-order chi connectivity index (χ1) is 12.9. The van der Waals surface area contributed by atoms with E-state index in [9.17, 15) is 18.4 Å². The molecule has 0 spiro atoms. The zero-order valence-electron chi connectivity index (χ0n) is 14.8. The molecule has 27 heavy (non-hydrogen) atoms. The minimum atomic E-state index is -3.00. The lowest BCUT2D eigenvalue weighted by molar-refractivity contribution is -0.129. The number of amides is 1. The Morgan fingerprint density at radius 2 is 1.78 bits per heavy atom. The molecule has 6 nitrogen and oxygen atoms in total. The van der Waals surface area contributed by atoms with Gasteiger partial charge in [0.15, 0.2) is 6.10 Å². The number of nitrogens with one attached hydrogen (secondary N) is 1. The molecule has 0 aliphatic carbocycles. The summed E-state index contributed by atoms with van der Waals surface area (Å²) in [7, 11) is 1.56. The second-order valence-electron chi connectivity index (χ2n) is 5.52. The number of halogens is 2. The van der Waals surface area contributed by atoms with Crippen LogP contribution in [-0.2, 0) is 16.1 Å². The predicted octanol–water partition coefficient (Wildman–Crippen LogP) is 3.16. The van der Waals surface area contributed by atoms with Gasteiger partial charge in [0, 0.05) is 6.54 Å². The molecule has 0 aliphatic rings. The van der Waals surface area contributed by atoms with Crippen molar-refractivity contribution in [2.75, 3.05) is 7.11 Å². The van der Waals surface area contributed by atoms with Crippen molar-refractivity contribution in [2.24, 2.45) is 0 Å². The van der Waals surface area contributed by atoms with E-state index >= 15 is 0 Å². The van der Waals surface area contributed by atoms with Crippen LogP contribution in [-0.4, -0.2) is 31.7 Å². The average Bonchev–Trinajstić information content (AvgIpc) is 2.66. The Morgan fingerprint density at radius 3 is 2.41 bits per heavy atom. The maximum atomic E-state index is 12.2. The van der Waals surface area contributed by atoms with Gasteiger partial charge in [-0.05, 0) is 42.8 Å². The fourth-order valence-corrected chi connectivity index (χ4v) is 2.16. The maximum Gasteiger partial charge on any atom is 0.387 e. The third kappa shape index (κ3) is 6.25. The van der Waals surface area contributed by atoms with Gasteiger partial charge in [-0.2, -0.15) is 8.78 Å². The molecular formula is C19H19F2NO5. The number of esters is 1. The molecule has 0 aliphatic heterocycles. The zero-order chi connectivity index (χ0) is 19.8. The molecule has 1 N–H and O–H groups in total. The van der Waals surface area contributed by atoms with Crippen molar-refractivity contribution in [3.63, 3.8) is 0 Å². The van der Waals surface area contributed by atoms with Crippen molar-refractivity contribution in [1.29, 1.82) is 0 Å². The molecule has 0 bridgehead atoms. The lowest BCUT2D eigenvalue weighted by Crippen LogP contribution is -2.35. The Balaban J connectivity index is 1.88. The predicted molar refractivity (Wildman–Crippen MR) is 92.8 cm³/mol. The van der Waals surface area contributed by atoms with Gasteiger partial charge < -0.3 is 19.5 Å². The summed E-state index contributed by atoms with van der Waals surface area (Å²) < 4.78 is 38.8. The molecule has 8 heteroatoms. The monoisotopic (exact) mass is 379 g/mol. The molecule has 1 atom stereocenters. The van der Waals surface area contributed by atoms with E-state index in [0.29, 0.717) is 5.75 Å². The molecule has 0 radical (unpaired) electrons. The highest BCUT2D eigenvalue weighted by molar-refractivity contribution is 5.92. The van der Waals surface area contributed by atoms with E-state index in [1.165, 1.54) is 25.1 Å². The van der Waals surface area contributed by atoms with E-state index < -0.39 is 24.6 Å². The van der Waals surface area contributed by atoms with Crippen molar-refractivity contribution >= 4 is 11.9 Å². The second kappa shape index (κ2) is 9.51. The van der Waals surface area contributed by atoms with E-state index in [1.54, 1.807) is 31.4 Å². The van der Waals surface area contributed by atoms with Crippen LogP contribution in [0.2, 0.25) is 0 Å². The summed E-state index contributed by atoms with van der Waals surface area (Å²) in [6.45, 7) is -1.33. The number of carbonyl (C=O) groups excluding carboxylic acids is 2. The van der Waals surface area contributed by atoms with Crippen molar-refractivity contribution in [1.82, 2.24) is 5.32 Å². The van der Waals surface area contributed by atoms with Crippen LogP contribution in [0.1, 0.15) is 22.8 Å². The summed E-state index contributed by atoms with van der Waals surface area (Å²) in [5.41, 5.74) is 0.850. The van der Waals surface area contributed by atoms with Crippen LogP contribution < -0.4 is 14.8 Å². The minimum Gasteiger partial charge on any atom is -0.497 e. The summed E-state index contributed by atoms with van der Waals surface area (Å²) in [5, 5.41) is 2.65. The van der Waals surface area contributed by atoms with E-state index in [1.807, 2.05) is 0 Å². The van der Waals surface area contributed by atoms with Crippen molar-refractivity contribution < 1.29 is 32.6 Å². The summed E-state index contributed by atoms with van der Waals surface area (Å²) >= 11 is 0. The van der Waals surface area contributed by atoms with Crippen LogP contribution in [0.4, 0.5) is 8.78 Å². The third-order valence-corrected chi connectivity index (χ3v) is 3.57. The number of methoxy groups -OCH3 is 1. The molecule has 0 fully saturated rings. The smallest absolute Gasteiger partial charge is 0.387 e. The summed E-state index contributed by atoms with van der Waals surface area (Å²) in [4.78, 5) is 24.2.